The minimum atomic E-state index is -0.636. The molecule has 1 heterocycles. The van der Waals surface area contributed by atoms with Gasteiger partial charge in [-0.1, -0.05) is 32.3 Å². The molecule has 1 aromatic carbocycles. The summed E-state index contributed by atoms with van der Waals surface area (Å²) in [7, 11) is 0. The van der Waals surface area contributed by atoms with Crippen molar-refractivity contribution in [2.75, 3.05) is 0 Å². The summed E-state index contributed by atoms with van der Waals surface area (Å²) >= 11 is 0. The third kappa shape index (κ3) is 4.72. The number of nitrogens with two attached hydrogens (primary N) is 1. The molecule has 0 aliphatic heterocycles. The Bertz CT molecular complexity index is 1120. The Kier molecular flexibility index (Phi) is 7.74. The first kappa shape index (κ1) is 23.6. The van der Waals surface area contributed by atoms with E-state index in [1.54, 1.807) is 6.92 Å². The van der Waals surface area contributed by atoms with Gasteiger partial charge < -0.3 is 16.0 Å². The molecule has 1 aromatic heterocycles. The number of amides is 2. The van der Waals surface area contributed by atoms with Gasteiger partial charge in [0, 0.05) is 22.7 Å². The molecule has 4 N–H and O–H groups in total. The van der Waals surface area contributed by atoms with Gasteiger partial charge in [-0.15, -0.1) is 0 Å². The topological polar surface area (TPSA) is 88.0 Å². The summed E-state index contributed by atoms with van der Waals surface area (Å²) < 4.78 is 15.4. The Morgan fingerprint density at radius 2 is 1.91 bits per heavy atom. The number of primary amides is 1. The number of hydrogen-bond donors (Lipinski definition) is 3. The van der Waals surface area contributed by atoms with Crippen molar-refractivity contribution in [3.05, 3.63) is 40.3 Å². The molecule has 0 radical (unpaired) electrons. The normalized spacial score (nSPS) is 17.6. The molecule has 5 nitrogen and oxygen atoms in total. The molecule has 1 unspecified atom stereocenters. The van der Waals surface area contributed by atoms with Crippen LogP contribution in [0.5, 0.6) is 0 Å². The first-order valence-electron chi connectivity index (χ1n) is 11.6. The second-order valence-electron chi connectivity index (χ2n) is 8.08. The summed E-state index contributed by atoms with van der Waals surface area (Å²) in [6, 6.07) is 1.06. The molecule has 6 heteroatoms. The van der Waals surface area contributed by atoms with E-state index >= 15 is 4.39 Å². The van der Waals surface area contributed by atoms with E-state index in [2.05, 4.69) is 22.1 Å². The zero-order valence-corrected chi connectivity index (χ0v) is 19.2. The lowest BCUT2D eigenvalue weighted by molar-refractivity contribution is -0.116. The number of aromatic amines is 1. The van der Waals surface area contributed by atoms with Crippen molar-refractivity contribution < 1.29 is 14.0 Å². The fourth-order valence-electron chi connectivity index (χ4n) is 4.80. The van der Waals surface area contributed by atoms with Gasteiger partial charge in [0.05, 0.1) is 11.1 Å². The number of carbonyl (C=O) groups is 2. The van der Waals surface area contributed by atoms with Crippen LogP contribution >= 0.6 is 0 Å². The molecule has 2 aliphatic rings. The van der Waals surface area contributed by atoms with Crippen molar-refractivity contribution in [3.63, 3.8) is 0 Å². The highest BCUT2D eigenvalue weighted by atomic mass is 19.1. The molecule has 170 valence electrons. The highest BCUT2D eigenvalue weighted by molar-refractivity contribution is 6.09. The standard InChI is InChI=1S/C24H26FN3O2.C2H6/c1-2-7-20(29)27-15-9-6-8-14(12-15)21-18(25)13-17(24(26)30)23-22(21)16-10-4-3-5-11-19(16)28-23;1-2/h12-13,15,28H,3-6,8-11H2,1H3,(H2,26,30)(H,27,29);1-2H3. The average Bonchev–Trinajstić information content (AvgIpc) is 2.96. The predicted molar refractivity (Wildman–Crippen MR) is 127 cm³/mol. The average molecular weight is 438 g/mol. The van der Waals surface area contributed by atoms with E-state index < -0.39 is 11.7 Å². The second-order valence-corrected chi connectivity index (χ2v) is 8.08. The monoisotopic (exact) mass is 437 g/mol. The van der Waals surface area contributed by atoms with E-state index in [1.165, 1.54) is 6.07 Å². The van der Waals surface area contributed by atoms with Gasteiger partial charge in [-0.2, -0.15) is 0 Å². The Hall–Kier alpha value is -3.07. The minimum Gasteiger partial charge on any atom is -0.366 e. The van der Waals surface area contributed by atoms with Crippen LogP contribution in [-0.2, 0) is 17.6 Å². The van der Waals surface area contributed by atoms with Gasteiger partial charge in [0.25, 0.3) is 11.8 Å². The van der Waals surface area contributed by atoms with Crippen LogP contribution in [0.15, 0.2) is 12.1 Å². The summed E-state index contributed by atoms with van der Waals surface area (Å²) in [4.78, 5) is 27.3. The van der Waals surface area contributed by atoms with Crippen molar-refractivity contribution in [1.82, 2.24) is 10.3 Å². The maximum Gasteiger partial charge on any atom is 0.296 e. The molecule has 4 rings (SSSR count). The van der Waals surface area contributed by atoms with Crippen molar-refractivity contribution in [2.45, 2.75) is 78.2 Å². The highest BCUT2D eigenvalue weighted by Crippen LogP contribution is 2.40. The molecule has 0 saturated carbocycles. The third-order valence-corrected chi connectivity index (χ3v) is 6.08. The van der Waals surface area contributed by atoms with Crippen LogP contribution < -0.4 is 11.1 Å². The molecule has 2 amide bonds. The quantitative estimate of drug-likeness (QED) is 0.477. The van der Waals surface area contributed by atoms with Crippen LogP contribution in [0.2, 0.25) is 0 Å². The first-order chi connectivity index (χ1) is 15.5. The second kappa shape index (κ2) is 10.5. The number of rotatable bonds is 3. The zero-order valence-electron chi connectivity index (χ0n) is 19.2. The van der Waals surface area contributed by atoms with Crippen molar-refractivity contribution in [3.8, 4) is 11.8 Å². The Labute approximate surface area is 189 Å². The van der Waals surface area contributed by atoms with Crippen LogP contribution in [0.25, 0.3) is 16.5 Å². The van der Waals surface area contributed by atoms with Gasteiger partial charge in [-0.05, 0) is 75.0 Å². The predicted octanol–water partition coefficient (Wildman–Crippen LogP) is 4.78. The lowest BCUT2D eigenvalue weighted by Gasteiger charge is -2.23. The molecule has 32 heavy (non-hydrogen) atoms. The number of aryl methyl sites for hydroxylation is 2. The largest absolute Gasteiger partial charge is 0.366 e. The maximum atomic E-state index is 15.4. The van der Waals surface area contributed by atoms with Gasteiger partial charge in [0.1, 0.15) is 5.82 Å². The molecule has 0 saturated heterocycles. The molecule has 2 aromatic rings. The molecular weight excluding hydrogens is 405 g/mol. The fraction of sp³-hybridized carbons (Fsp3) is 0.462. The number of aromatic nitrogens is 1. The van der Waals surface area contributed by atoms with Crippen LogP contribution in [0.3, 0.4) is 0 Å². The molecule has 0 spiro atoms. The summed E-state index contributed by atoms with van der Waals surface area (Å²) in [6.07, 6.45) is 9.25. The lowest BCUT2D eigenvalue weighted by Crippen LogP contribution is -2.33. The maximum absolute atomic E-state index is 15.4. The molecule has 0 bridgehead atoms. The first-order valence-corrected chi connectivity index (χ1v) is 11.6. The number of allylic oxidation sites excluding steroid dienone is 1. The number of hydrogen-bond acceptors (Lipinski definition) is 2. The summed E-state index contributed by atoms with van der Waals surface area (Å²) in [5.74, 6) is 3.69. The number of nitrogens with one attached hydrogen (secondary N) is 2. The van der Waals surface area contributed by atoms with Crippen LogP contribution in [0.4, 0.5) is 4.39 Å². The van der Waals surface area contributed by atoms with Crippen LogP contribution in [0, 0.1) is 17.7 Å². The van der Waals surface area contributed by atoms with Gasteiger partial charge >= 0.3 is 0 Å². The number of benzene rings is 1. The van der Waals surface area contributed by atoms with E-state index in [-0.39, 0.29) is 17.5 Å². The fourth-order valence-corrected chi connectivity index (χ4v) is 4.80. The van der Waals surface area contributed by atoms with Crippen molar-refractivity contribution >= 4 is 28.3 Å². The van der Waals surface area contributed by atoms with Crippen LogP contribution in [0.1, 0.15) is 86.5 Å². The highest BCUT2D eigenvalue weighted by Gasteiger charge is 2.27. The molecule has 2 aliphatic carbocycles. The van der Waals surface area contributed by atoms with Crippen molar-refractivity contribution in [1.29, 1.82) is 0 Å². The number of fused-ring (bicyclic) bond motifs is 3. The third-order valence-electron chi connectivity index (χ3n) is 6.08. The van der Waals surface area contributed by atoms with Crippen molar-refractivity contribution in [2.24, 2.45) is 5.73 Å². The lowest BCUT2D eigenvalue weighted by atomic mass is 9.86. The van der Waals surface area contributed by atoms with E-state index in [4.69, 9.17) is 5.73 Å². The number of H-pyrrole nitrogens is 1. The Morgan fingerprint density at radius 1 is 1.16 bits per heavy atom. The van der Waals surface area contributed by atoms with Gasteiger partial charge in [-0.3, -0.25) is 9.59 Å². The van der Waals surface area contributed by atoms with E-state index in [0.29, 0.717) is 17.5 Å². The molecule has 0 fully saturated rings. The summed E-state index contributed by atoms with van der Waals surface area (Å²) in [5.41, 5.74) is 9.98. The van der Waals surface area contributed by atoms with Gasteiger partial charge in [-0.25, -0.2) is 4.39 Å². The summed E-state index contributed by atoms with van der Waals surface area (Å²) in [5, 5.41) is 3.67. The smallest absolute Gasteiger partial charge is 0.296 e. The van der Waals surface area contributed by atoms with Crippen LogP contribution in [-0.4, -0.2) is 22.8 Å². The Morgan fingerprint density at radius 3 is 2.62 bits per heavy atom. The molecular formula is C26H32FN3O2. The Balaban J connectivity index is 0.00000141. The summed E-state index contributed by atoms with van der Waals surface area (Å²) in [6.45, 7) is 5.62. The van der Waals surface area contributed by atoms with E-state index in [0.717, 1.165) is 67.2 Å². The van der Waals surface area contributed by atoms with E-state index in [9.17, 15) is 9.59 Å². The molecule has 1 atom stereocenters. The SMILES string of the molecule is CC.CC#CC(=O)NC1C=C(c2c(F)cc(C(N)=O)c3[nH]c4c(c23)CCCCC4)CCC1. The van der Waals surface area contributed by atoms with Gasteiger partial charge in [0.15, 0.2) is 0 Å². The number of halogens is 1. The minimum absolute atomic E-state index is 0.190. The van der Waals surface area contributed by atoms with E-state index in [1.807, 2.05) is 19.9 Å². The number of carbonyl (C=O) groups excluding carboxylic acids is 2. The zero-order chi connectivity index (χ0) is 23.3. The van der Waals surface area contributed by atoms with Gasteiger partial charge in [0.2, 0.25) is 0 Å².